The Labute approximate surface area is 115 Å². The highest BCUT2D eigenvalue weighted by Crippen LogP contribution is 2.36. The number of nitro groups is 1. The third-order valence-electron chi connectivity index (χ3n) is 3.69. The maximum Gasteiger partial charge on any atom is 0.313 e. The van der Waals surface area contributed by atoms with Gasteiger partial charge in [0.2, 0.25) is 0 Å². The van der Waals surface area contributed by atoms with Crippen molar-refractivity contribution in [2.45, 2.75) is 19.4 Å². The molecule has 1 aromatic carbocycles. The highest BCUT2D eigenvalue weighted by molar-refractivity contribution is 5.60. The van der Waals surface area contributed by atoms with Gasteiger partial charge in [-0.2, -0.15) is 0 Å². The Morgan fingerprint density at radius 2 is 2.30 bits per heavy atom. The molecule has 110 valence electrons. The summed E-state index contributed by atoms with van der Waals surface area (Å²) in [6.07, 6.45) is 0.305. The Balaban J connectivity index is 2.31. The first kappa shape index (κ1) is 14.5. The van der Waals surface area contributed by atoms with Gasteiger partial charge in [0.1, 0.15) is 0 Å². The van der Waals surface area contributed by atoms with Crippen LogP contribution in [-0.4, -0.2) is 36.3 Å². The van der Waals surface area contributed by atoms with Gasteiger partial charge in [-0.05, 0) is 13.3 Å². The maximum atomic E-state index is 14.0. The predicted molar refractivity (Wildman–Crippen MR) is 71.6 cm³/mol. The van der Waals surface area contributed by atoms with Crippen molar-refractivity contribution in [3.05, 3.63) is 28.1 Å². The molecule has 20 heavy (non-hydrogen) atoms. The average molecular weight is 284 g/mol. The zero-order valence-corrected chi connectivity index (χ0v) is 11.4. The molecule has 1 N–H and O–H groups in total. The van der Waals surface area contributed by atoms with E-state index in [2.05, 4.69) is 0 Å². The lowest BCUT2D eigenvalue weighted by Gasteiger charge is -2.20. The zero-order chi connectivity index (χ0) is 14.9. The molecule has 0 bridgehead atoms. The van der Waals surface area contributed by atoms with Gasteiger partial charge in [0.05, 0.1) is 29.9 Å². The summed E-state index contributed by atoms with van der Waals surface area (Å²) in [5.74, 6) is -0.536. The molecule has 0 radical (unpaired) electrons. The van der Waals surface area contributed by atoms with Crippen LogP contribution in [0.5, 0.6) is 5.75 Å². The summed E-state index contributed by atoms with van der Waals surface area (Å²) in [5.41, 5.74) is -0.115. The molecule has 1 aliphatic heterocycles. The van der Waals surface area contributed by atoms with E-state index in [0.29, 0.717) is 13.1 Å². The van der Waals surface area contributed by atoms with Gasteiger partial charge in [-0.15, -0.1) is 0 Å². The molecule has 6 nitrogen and oxygen atoms in total. The van der Waals surface area contributed by atoms with Gasteiger partial charge in [-0.3, -0.25) is 10.1 Å². The average Bonchev–Trinajstić information content (AvgIpc) is 2.87. The van der Waals surface area contributed by atoms with Crippen LogP contribution in [0.15, 0.2) is 12.1 Å². The lowest BCUT2D eigenvalue weighted by molar-refractivity contribution is -0.385. The Hall–Kier alpha value is -1.89. The summed E-state index contributed by atoms with van der Waals surface area (Å²) in [5, 5.41) is 20.4. The molecule has 7 heteroatoms. The third-order valence-corrected chi connectivity index (χ3v) is 3.69. The number of benzene rings is 1. The number of ether oxygens (including phenoxy) is 1. The van der Waals surface area contributed by atoms with Gasteiger partial charge in [-0.25, -0.2) is 4.39 Å². The van der Waals surface area contributed by atoms with Gasteiger partial charge in [0, 0.05) is 25.1 Å². The summed E-state index contributed by atoms with van der Waals surface area (Å²) in [7, 11) is 1.31. The largest absolute Gasteiger partial charge is 0.490 e. The van der Waals surface area contributed by atoms with Crippen molar-refractivity contribution in [3.63, 3.8) is 0 Å². The van der Waals surface area contributed by atoms with Crippen molar-refractivity contribution < 1.29 is 19.2 Å². The van der Waals surface area contributed by atoms with E-state index in [4.69, 9.17) is 4.74 Å². The van der Waals surface area contributed by atoms with E-state index >= 15 is 0 Å². The normalized spacial score (nSPS) is 20.0. The second-order valence-corrected chi connectivity index (χ2v) is 4.97. The molecule has 2 atom stereocenters. The van der Waals surface area contributed by atoms with Crippen LogP contribution >= 0.6 is 0 Å². The minimum Gasteiger partial charge on any atom is -0.490 e. The number of nitrogens with zero attached hydrogens (tertiary/aromatic N) is 2. The SMILES string of the molecule is COc1cc(N2CCC(C(C)O)C2)c(F)cc1[N+](=O)[O-]. The molecule has 0 spiro atoms. The van der Waals surface area contributed by atoms with Crippen LogP contribution in [0.3, 0.4) is 0 Å². The number of hydrogen-bond acceptors (Lipinski definition) is 5. The lowest BCUT2D eigenvalue weighted by atomic mass is 10.0. The number of aliphatic hydroxyl groups excluding tert-OH is 1. The topological polar surface area (TPSA) is 75.8 Å². The Bertz CT molecular complexity index is 521. The van der Waals surface area contributed by atoms with Gasteiger partial charge in [0.25, 0.3) is 0 Å². The van der Waals surface area contributed by atoms with Crippen molar-refractivity contribution in [1.82, 2.24) is 0 Å². The summed E-state index contributed by atoms with van der Waals surface area (Å²) in [6, 6.07) is 2.22. The number of anilines is 1. The van der Waals surface area contributed by atoms with E-state index in [9.17, 15) is 19.6 Å². The van der Waals surface area contributed by atoms with Gasteiger partial charge < -0.3 is 14.7 Å². The molecular formula is C13H17FN2O4. The molecule has 0 saturated carbocycles. The summed E-state index contributed by atoms with van der Waals surface area (Å²) in [6.45, 7) is 2.84. The van der Waals surface area contributed by atoms with E-state index in [1.54, 1.807) is 11.8 Å². The van der Waals surface area contributed by atoms with Crippen molar-refractivity contribution in [2.75, 3.05) is 25.1 Å². The third kappa shape index (κ3) is 2.67. The molecule has 0 aromatic heterocycles. The monoisotopic (exact) mass is 284 g/mol. The van der Waals surface area contributed by atoms with Crippen LogP contribution in [-0.2, 0) is 0 Å². The number of nitro benzene ring substituents is 1. The van der Waals surface area contributed by atoms with Gasteiger partial charge in [0.15, 0.2) is 11.6 Å². The highest BCUT2D eigenvalue weighted by Gasteiger charge is 2.29. The number of methoxy groups -OCH3 is 1. The molecule has 2 rings (SSSR count). The fourth-order valence-electron chi connectivity index (χ4n) is 2.48. The van der Waals surface area contributed by atoms with Crippen molar-refractivity contribution in [1.29, 1.82) is 0 Å². The quantitative estimate of drug-likeness (QED) is 0.675. The Kier molecular flexibility index (Phi) is 4.08. The molecule has 1 saturated heterocycles. The first-order valence-corrected chi connectivity index (χ1v) is 6.39. The van der Waals surface area contributed by atoms with Crippen molar-refractivity contribution >= 4 is 11.4 Å². The zero-order valence-electron chi connectivity index (χ0n) is 11.4. The van der Waals surface area contributed by atoms with Crippen molar-refractivity contribution in [3.8, 4) is 5.75 Å². The Morgan fingerprint density at radius 1 is 1.60 bits per heavy atom. The minimum atomic E-state index is -0.672. The Morgan fingerprint density at radius 3 is 2.80 bits per heavy atom. The fourth-order valence-corrected chi connectivity index (χ4v) is 2.48. The molecule has 2 unspecified atom stereocenters. The molecule has 1 heterocycles. The lowest BCUT2D eigenvalue weighted by Crippen LogP contribution is -2.24. The summed E-state index contributed by atoms with van der Waals surface area (Å²) < 4.78 is 19.0. The van der Waals surface area contributed by atoms with E-state index < -0.39 is 16.8 Å². The van der Waals surface area contributed by atoms with Crippen molar-refractivity contribution in [2.24, 2.45) is 5.92 Å². The van der Waals surface area contributed by atoms with Crippen LogP contribution < -0.4 is 9.64 Å². The van der Waals surface area contributed by atoms with E-state index in [0.717, 1.165) is 12.5 Å². The number of hydrogen-bond donors (Lipinski definition) is 1. The second kappa shape index (κ2) is 5.62. The summed E-state index contributed by atoms with van der Waals surface area (Å²) in [4.78, 5) is 11.9. The molecule has 1 aromatic rings. The number of aliphatic hydroxyl groups is 1. The fraction of sp³-hybridized carbons (Fsp3) is 0.538. The smallest absolute Gasteiger partial charge is 0.313 e. The molecule has 1 fully saturated rings. The molecule has 0 aliphatic carbocycles. The van der Waals surface area contributed by atoms with Crippen LogP contribution in [0.2, 0.25) is 0 Å². The first-order valence-electron chi connectivity index (χ1n) is 6.39. The van der Waals surface area contributed by atoms with Crippen LogP contribution in [0.1, 0.15) is 13.3 Å². The molecular weight excluding hydrogens is 267 g/mol. The minimum absolute atomic E-state index is 0.0342. The number of halogens is 1. The van der Waals surface area contributed by atoms with Crippen LogP contribution in [0.25, 0.3) is 0 Å². The van der Waals surface area contributed by atoms with Crippen LogP contribution in [0, 0.1) is 21.8 Å². The van der Waals surface area contributed by atoms with E-state index in [1.165, 1.54) is 13.2 Å². The highest BCUT2D eigenvalue weighted by atomic mass is 19.1. The second-order valence-electron chi connectivity index (χ2n) is 4.97. The predicted octanol–water partition coefficient (Wildman–Crippen LogP) is 1.95. The molecule has 0 amide bonds. The maximum absolute atomic E-state index is 14.0. The van der Waals surface area contributed by atoms with Gasteiger partial charge >= 0.3 is 5.69 Å². The standard InChI is InChI=1S/C13H17FN2O4/c1-8(17)9-3-4-15(7-9)11-6-13(20-2)12(16(18)19)5-10(11)14/h5-6,8-9,17H,3-4,7H2,1-2H3. The first-order chi connectivity index (χ1) is 9.43. The van der Waals surface area contributed by atoms with E-state index in [1.807, 2.05) is 0 Å². The van der Waals surface area contributed by atoms with E-state index in [-0.39, 0.29) is 23.0 Å². The summed E-state index contributed by atoms with van der Waals surface area (Å²) >= 11 is 0. The molecule has 1 aliphatic rings. The van der Waals surface area contributed by atoms with Gasteiger partial charge in [-0.1, -0.05) is 0 Å². The van der Waals surface area contributed by atoms with Crippen LogP contribution in [0.4, 0.5) is 15.8 Å². The number of rotatable bonds is 4.